The fourth-order valence-electron chi connectivity index (χ4n) is 2.63. The third kappa shape index (κ3) is 3.53. The van der Waals surface area contributed by atoms with E-state index in [1.54, 1.807) is 12.3 Å². The molecule has 0 radical (unpaired) electrons. The number of pyridine rings is 2. The summed E-state index contributed by atoms with van der Waals surface area (Å²) >= 11 is 0. The van der Waals surface area contributed by atoms with Gasteiger partial charge in [-0.3, -0.25) is 0 Å². The first-order valence-electron chi connectivity index (χ1n) is 7.51. The summed E-state index contributed by atoms with van der Waals surface area (Å²) in [4.78, 5) is 10.8. The normalized spacial score (nSPS) is 15.3. The van der Waals surface area contributed by atoms with E-state index in [0.29, 0.717) is 24.1 Å². The monoisotopic (exact) mass is 294 g/mol. The van der Waals surface area contributed by atoms with Gasteiger partial charge in [-0.2, -0.15) is 5.26 Å². The predicted molar refractivity (Wildman–Crippen MR) is 83.6 cm³/mol. The molecule has 1 aliphatic rings. The molecule has 3 rings (SSSR count). The second-order valence-corrected chi connectivity index (χ2v) is 5.40. The highest BCUT2D eigenvalue weighted by atomic mass is 16.5. The fraction of sp³-hybridized carbons (Fsp3) is 0.353. The number of nitrogens with zero attached hydrogens (tertiary/aromatic N) is 4. The van der Waals surface area contributed by atoms with Gasteiger partial charge >= 0.3 is 0 Å². The number of anilines is 1. The first kappa shape index (κ1) is 14.3. The lowest BCUT2D eigenvalue weighted by Gasteiger charge is -2.32. The minimum absolute atomic E-state index is 0.470. The standard InChI is InChI=1S/C17H18N4O/c18-12-15-4-3-5-16(20-15)21-10-7-14(8-11-21)13-22-17-6-1-2-9-19-17/h1-6,9,14H,7-8,10-11,13H2. The van der Waals surface area contributed by atoms with E-state index in [1.807, 2.05) is 30.3 Å². The summed E-state index contributed by atoms with van der Waals surface area (Å²) in [5.74, 6) is 2.12. The van der Waals surface area contributed by atoms with Gasteiger partial charge in [0.05, 0.1) is 6.61 Å². The zero-order chi connectivity index (χ0) is 15.2. The minimum Gasteiger partial charge on any atom is -0.477 e. The molecule has 3 heterocycles. The summed E-state index contributed by atoms with van der Waals surface area (Å²) in [6.45, 7) is 2.59. The third-order valence-electron chi connectivity index (χ3n) is 3.89. The van der Waals surface area contributed by atoms with Crippen LogP contribution in [0.1, 0.15) is 18.5 Å². The van der Waals surface area contributed by atoms with E-state index in [0.717, 1.165) is 31.7 Å². The Labute approximate surface area is 130 Å². The summed E-state index contributed by atoms with van der Waals surface area (Å²) < 4.78 is 5.73. The van der Waals surface area contributed by atoms with Crippen LogP contribution in [0.3, 0.4) is 0 Å². The maximum atomic E-state index is 8.93. The molecule has 0 aromatic carbocycles. The van der Waals surface area contributed by atoms with Crippen molar-refractivity contribution in [3.05, 3.63) is 48.3 Å². The molecule has 1 fully saturated rings. The number of aromatic nitrogens is 2. The van der Waals surface area contributed by atoms with Gasteiger partial charge in [0, 0.05) is 25.4 Å². The molecular formula is C17H18N4O. The molecule has 0 aliphatic carbocycles. The molecule has 2 aromatic rings. The van der Waals surface area contributed by atoms with Crippen LogP contribution in [0.5, 0.6) is 5.88 Å². The first-order chi connectivity index (χ1) is 10.8. The van der Waals surface area contributed by atoms with Gasteiger partial charge in [-0.15, -0.1) is 0 Å². The lowest BCUT2D eigenvalue weighted by molar-refractivity contribution is 0.216. The molecule has 0 saturated carbocycles. The third-order valence-corrected chi connectivity index (χ3v) is 3.89. The van der Waals surface area contributed by atoms with Gasteiger partial charge in [0.15, 0.2) is 0 Å². The van der Waals surface area contributed by atoms with Crippen molar-refractivity contribution >= 4 is 5.82 Å². The molecule has 1 saturated heterocycles. The lowest BCUT2D eigenvalue weighted by Crippen LogP contribution is -2.36. The lowest BCUT2D eigenvalue weighted by atomic mass is 9.98. The maximum Gasteiger partial charge on any atom is 0.213 e. The molecule has 0 spiro atoms. The van der Waals surface area contributed by atoms with Crippen LogP contribution in [0.25, 0.3) is 0 Å². The van der Waals surface area contributed by atoms with E-state index in [-0.39, 0.29) is 0 Å². The Bertz CT molecular complexity index is 645. The average molecular weight is 294 g/mol. The van der Waals surface area contributed by atoms with E-state index in [1.165, 1.54) is 0 Å². The number of ether oxygens (including phenoxy) is 1. The molecule has 0 bridgehead atoms. The molecule has 112 valence electrons. The zero-order valence-corrected chi connectivity index (χ0v) is 12.4. The van der Waals surface area contributed by atoms with Crippen molar-refractivity contribution in [1.82, 2.24) is 9.97 Å². The maximum absolute atomic E-state index is 8.93. The number of hydrogen-bond acceptors (Lipinski definition) is 5. The molecule has 0 unspecified atom stereocenters. The Morgan fingerprint density at radius 2 is 2.05 bits per heavy atom. The zero-order valence-electron chi connectivity index (χ0n) is 12.4. The van der Waals surface area contributed by atoms with Crippen LogP contribution in [-0.2, 0) is 0 Å². The average Bonchev–Trinajstić information content (AvgIpc) is 2.61. The van der Waals surface area contributed by atoms with Gasteiger partial charge in [-0.25, -0.2) is 9.97 Å². The Hall–Kier alpha value is -2.61. The van der Waals surface area contributed by atoms with E-state index < -0.39 is 0 Å². The molecule has 5 nitrogen and oxygen atoms in total. The van der Waals surface area contributed by atoms with E-state index >= 15 is 0 Å². The number of nitriles is 1. The molecule has 22 heavy (non-hydrogen) atoms. The Kier molecular flexibility index (Phi) is 4.50. The van der Waals surface area contributed by atoms with Crippen molar-refractivity contribution < 1.29 is 4.74 Å². The van der Waals surface area contributed by atoms with Crippen molar-refractivity contribution in [3.63, 3.8) is 0 Å². The van der Waals surface area contributed by atoms with Crippen molar-refractivity contribution in [2.75, 3.05) is 24.6 Å². The van der Waals surface area contributed by atoms with E-state index in [9.17, 15) is 0 Å². The molecule has 2 aromatic heterocycles. The van der Waals surface area contributed by atoms with Gasteiger partial charge < -0.3 is 9.64 Å². The van der Waals surface area contributed by atoms with Crippen LogP contribution in [0, 0.1) is 17.2 Å². The van der Waals surface area contributed by atoms with Gasteiger partial charge in [0.1, 0.15) is 17.6 Å². The van der Waals surface area contributed by atoms with Crippen LogP contribution in [0.4, 0.5) is 5.82 Å². The van der Waals surface area contributed by atoms with Gasteiger partial charge in [-0.05, 0) is 37.0 Å². The highest BCUT2D eigenvalue weighted by molar-refractivity contribution is 5.41. The molecule has 0 N–H and O–H groups in total. The number of rotatable bonds is 4. The van der Waals surface area contributed by atoms with Gasteiger partial charge in [0.25, 0.3) is 0 Å². The summed E-state index contributed by atoms with van der Waals surface area (Å²) in [7, 11) is 0. The highest BCUT2D eigenvalue weighted by Crippen LogP contribution is 2.22. The summed E-state index contributed by atoms with van der Waals surface area (Å²) in [6.07, 6.45) is 3.86. The smallest absolute Gasteiger partial charge is 0.213 e. The molecule has 0 amide bonds. The van der Waals surface area contributed by atoms with Crippen LogP contribution < -0.4 is 9.64 Å². The van der Waals surface area contributed by atoms with Gasteiger partial charge in [-0.1, -0.05) is 12.1 Å². The number of piperidine rings is 1. The molecule has 0 atom stereocenters. The summed E-state index contributed by atoms with van der Waals surface area (Å²) in [6, 6.07) is 13.4. The summed E-state index contributed by atoms with van der Waals surface area (Å²) in [5.41, 5.74) is 0.470. The van der Waals surface area contributed by atoms with Crippen molar-refractivity contribution in [3.8, 4) is 11.9 Å². The molecular weight excluding hydrogens is 276 g/mol. The molecule has 1 aliphatic heterocycles. The SMILES string of the molecule is N#Cc1cccc(N2CCC(COc3ccccn3)CC2)n1. The predicted octanol–water partition coefficient (Wildman–Crippen LogP) is 2.64. The van der Waals surface area contributed by atoms with E-state index in [2.05, 4.69) is 20.9 Å². The van der Waals surface area contributed by atoms with Crippen molar-refractivity contribution in [2.24, 2.45) is 5.92 Å². The van der Waals surface area contributed by atoms with Crippen LogP contribution in [0.2, 0.25) is 0 Å². The Balaban J connectivity index is 1.51. The fourth-order valence-corrected chi connectivity index (χ4v) is 2.63. The minimum atomic E-state index is 0.470. The largest absolute Gasteiger partial charge is 0.477 e. The highest BCUT2D eigenvalue weighted by Gasteiger charge is 2.21. The quantitative estimate of drug-likeness (QED) is 0.867. The first-order valence-corrected chi connectivity index (χ1v) is 7.51. The Morgan fingerprint density at radius 1 is 1.18 bits per heavy atom. The van der Waals surface area contributed by atoms with Crippen LogP contribution >= 0.6 is 0 Å². The second-order valence-electron chi connectivity index (χ2n) is 5.40. The van der Waals surface area contributed by atoms with E-state index in [4.69, 9.17) is 10.00 Å². The second kappa shape index (κ2) is 6.90. The Morgan fingerprint density at radius 3 is 2.77 bits per heavy atom. The molecule has 5 heteroatoms. The van der Waals surface area contributed by atoms with Crippen LogP contribution in [-0.4, -0.2) is 29.7 Å². The van der Waals surface area contributed by atoms with Gasteiger partial charge in [0.2, 0.25) is 5.88 Å². The van der Waals surface area contributed by atoms with Crippen molar-refractivity contribution in [2.45, 2.75) is 12.8 Å². The topological polar surface area (TPSA) is 62.0 Å². The van der Waals surface area contributed by atoms with Crippen LogP contribution in [0.15, 0.2) is 42.6 Å². The number of hydrogen-bond donors (Lipinski definition) is 0. The summed E-state index contributed by atoms with van der Waals surface area (Å²) in [5, 5.41) is 8.93. The van der Waals surface area contributed by atoms with Crippen molar-refractivity contribution in [1.29, 1.82) is 5.26 Å².